The minimum Gasteiger partial charge on any atom is -0.330 e. The van der Waals surface area contributed by atoms with Crippen LogP contribution in [-0.4, -0.2) is 24.1 Å². The summed E-state index contributed by atoms with van der Waals surface area (Å²) in [5, 5.41) is 0. The van der Waals surface area contributed by atoms with E-state index in [1.165, 1.54) is 0 Å². The zero-order chi connectivity index (χ0) is 10.2. The standard InChI is InChI=1S/C9H20NO3P/c10-7-3-1-2-4-8-12-14(11)13-9-5-6-9/h9,11H,1-8,10H2. The van der Waals surface area contributed by atoms with Gasteiger partial charge in [-0.3, -0.25) is 0 Å². The summed E-state index contributed by atoms with van der Waals surface area (Å²) < 4.78 is 10.3. The molecule has 84 valence electrons. The minimum absolute atomic E-state index is 0.267. The molecule has 5 heteroatoms. The molecule has 1 saturated carbocycles. The van der Waals surface area contributed by atoms with Crippen molar-refractivity contribution >= 4 is 8.60 Å². The maximum atomic E-state index is 9.26. The van der Waals surface area contributed by atoms with Gasteiger partial charge in [-0.25, -0.2) is 0 Å². The van der Waals surface area contributed by atoms with Gasteiger partial charge in [0.1, 0.15) is 0 Å². The van der Waals surface area contributed by atoms with Gasteiger partial charge in [-0.05, 0) is 32.2 Å². The van der Waals surface area contributed by atoms with Gasteiger partial charge in [0.2, 0.25) is 0 Å². The Kier molecular flexibility index (Phi) is 6.65. The predicted octanol–water partition coefficient (Wildman–Crippen LogP) is 1.92. The van der Waals surface area contributed by atoms with Gasteiger partial charge in [-0.2, -0.15) is 0 Å². The molecule has 1 unspecified atom stereocenters. The summed E-state index contributed by atoms with van der Waals surface area (Å²) in [5.74, 6) is 0. The SMILES string of the molecule is NCCCCCCOP(O)OC1CC1. The maximum absolute atomic E-state index is 9.26. The molecule has 0 heterocycles. The molecule has 1 aliphatic carbocycles. The third-order valence-electron chi connectivity index (χ3n) is 2.06. The quantitative estimate of drug-likeness (QED) is 0.461. The fourth-order valence-electron chi connectivity index (χ4n) is 1.07. The molecule has 1 fully saturated rings. The van der Waals surface area contributed by atoms with Crippen molar-refractivity contribution in [1.29, 1.82) is 0 Å². The first kappa shape index (κ1) is 12.3. The molecule has 3 N–H and O–H groups in total. The Morgan fingerprint density at radius 2 is 1.93 bits per heavy atom. The monoisotopic (exact) mass is 221 g/mol. The van der Waals surface area contributed by atoms with Gasteiger partial charge >= 0.3 is 8.60 Å². The average molecular weight is 221 g/mol. The smallest absolute Gasteiger partial charge is 0.330 e. The van der Waals surface area contributed by atoms with E-state index in [1.54, 1.807) is 0 Å². The first-order valence-electron chi connectivity index (χ1n) is 5.31. The summed E-state index contributed by atoms with van der Waals surface area (Å²) in [6, 6.07) is 0. The molecule has 0 amide bonds. The minimum atomic E-state index is -1.61. The second-order valence-corrected chi connectivity index (χ2v) is 4.52. The van der Waals surface area contributed by atoms with Gasteiger partial charge in [-0.1, -0.05) is 12.8 Å². The van der Waals surface area contributed by atoms with Crippen LogP contribution in [0.25, 0.3) is 0 Å². The van der Waals surface area contributed by atoms with E-state index in [9.17, 15) is 4.89 Å². The Hall–Kier alpha value is 0.270. The largest absolute Gasteiger partial charge is 0.330 e. The first-order valence-corrected chi connectivity index (χ1v) is 6.44. The van der Waals surface area contributed by atoms with Gasteiger partial charge in [-0.15, -0.1) is 0 Å². The van der Waals surface area contributed by atoms with E-state index in [4.69, 9.17) is 14.8 Å². The Morgan fingerprint density at radius 1 is 1.21 bits per heavy atom. The highest BCUT2D eigenvalue weighted by atomic mass is 31.2. The summed E-state index contributed by atoms with van der Waals surface area (Å²) in [7, 11) is -1.61. The highest BCUT2D eigenvalue weighted by Gasteiger charge is 2.26. The van der Waals surface area contributed by atoms with Crippen LogP contribution >= 0.6 is 8.60 Å². The van der Waals surface area contributed by atoms with Gasteiger partial charge < -0.3 is 19.7 Å². The van der Waals surface area contributed by atoms with Crippen molar-refractivity contribution in [1.82, 2.24) is 0 Å². The van der Waals surface area contributed by atoms with Crippen LogP contribution in [0.5, 0.6) is 0 Å². The normalized spacial score (nSPS) is 18.4. The van der Waals surface area contributed by atoms with Crippen LogP contribution in [0, 0.1) is 0 Å². The molecule has 1 atom stereocenters. The van der Waals surface area contributed by atoms with Gasteiger partial charge in [0.05, 0.1) is 12.7 Å². The summed E-state index contributed by atoms with van der Waals surface area (Å²) in [6.45, 7) is 1.36. The molecule has 0 saturated heterocycles. The third kappa shape index (κ3) is 6.68. The van der Waals surface area contributed by atoms with Gasteiger partial charge in [0.25, 0.3) is 0 Å². The lowest BCUT2D eigenvalue weighted by molar-refractivity contribution is 0.190. The molecule has 4 nitrogen and oxygen atoms in total. The summed E-state index contributed by atoms with van der Waals surface area (Å²) in [6.07, 6.45) is 6.72. The topological polar surface area (TPSA) is 64.7 Å². The van der Waals surface area contributed by atoms with E-state index >= 15 is 0 Å². The number of hydrogen-bond donors (Lipinski definition) is 2. The predicted molar refractivity (Wildman–Crippen MR) is 56.7 cm³/mol. The molecule has 14 heavy (non-hydrogen) atoms. The zero-order valence-corrected chi connectivity index (χ0v) is 9.42. The van der Waals surface area contributed by atoms with Crippen LogP contribution in [0.15, 0.2) is 0 Å². The van der Waals surface area contributed by atoms with Crippen molar-refractivity contribution in [2.24, 2.45) is 5.73 Å². The summed E-state index contributed by atoms with van der Waals surface area (Å²) >= 11 is 0. The molecule has 0 bridgehead atoms. The molecule has 0 radical (unpaired) electrons. The lowest BCUT2D eigenvalue weighted by Crippen LogP contribution is -1.98. The Labute approximate surface area is 86.8 Å². The third-order valence-corrected chi connectivity index (χ3v) is 2.95. The second-order valence-electron chi connectivity index (χ2n) is 3.58. The maximum Gasteiger partial charge on any atom is 0.330 e. The van der Waals surface area contributed by atoms with Crippen molar-refractivity contribution in [3.8, 4) is 0 Å². The van der Waals surface area contributed by atoms with Gasteiger partial charge in [0, 0.05) is 0 Å². The van der Waals surface area contributed by atoms with Crippen LogP contribution in [0.2, 0.25) is 0 Å². The summed E-state index contributed by atoms with van der Waals surface area (Å²) in [4.78, 5) is 9.26. The lowest BCUT2D eigenvalue weighted by Gasteiger charge is -2.09. The number of nitrogens with two attached hydrogens (primary N) is 1. The second kappa shape index (κ2) is 7.55. The van der Waals surface area contributed by atoms with E-state index in [0.717, 1.165) is 45.1 Å². The highest BCUT2D eigenvalue weighted by Crippen LogP contribution is 2.41. The Balaban J connectivity index is 1.77. The van der Waals surface area contributed by atoms with E-state index < -0.39 is 8.60 Å². The molecule has 0 spiro atoms. The number of rotatable bonds is 9. The van der Waals surface area contributed by atoms with Crippen molar-refractivity contribution < 1.29 is 13.9 Å². The van der Waals surface area contributed by atoms with Crippen LogP contribution in [0.1, 0.15) is 38.5 Å². The molecule has 0 aromatic carbocycles. The Morgan fingerprint density at radius 3 is 2.57 bits per heavy atom. The first-order chi connectivity index (χ1) is 6.83. The molecule has 1 aliphatic rings. The molecule has 0 aromatic heterocycles. The van der Waals surface area contributed by atoms with Crippen molar-refractivity contribution in [3.05, 3.63) is 0 Å². The van der Waals surface area contributed by atoms with Crippen molar-refractivity contribution in [2.45, 2.75) is 44.6 Å². The lowest BCUT2D eigenvalue weighted by atomic mass is 10.2. The fraction of sp³-hybridized carbons (Fsp3) is 1.00. The van der Waals surface area contributed by atoms with E-state index in [0.29, 0.717) is 6.61 Å². The molecule has 0 aliphatic heterocycles. The van der Waals surface area contributed by atoms with Crippen molar-refractivity contribution in [2.75, 3.05) is 13.2 Å². The highest BCUT2D eigenvalue weighted by molar-refractivity contribution is 7.40. The van der Waals surface area contributed by atoms with Crippen LogP contribution in [-0.2, 0) is 9.05 Å². The van der Waals surface area contributed by atoms with E-state index in [-0.39, 0.29) is 6.10 Å². The molecule has 0 aromatic rings. The average Bonchev–Trinajstić information content (AvgIpc) is 2.95. The summed E-state index contributed by atoms with van der Waals surface area (Å²) in [5.41, 5.74) is 5.37. The molecule has 1 rings (SSSR count). The van der Waals surface area contributed by atoms with E-state index in [2.05, 4.69) is 0 Å². The molecular weight excluding hydrogens is 201 g/mol. The molecular formula is C9H20NO3P. The number of unbranched alkanes of at least 4 members (excludes halogenated alkanes) is 3. The van der Waals surface area contributed by atoms with E-state index in [1.807, 2.05) is 0 Å². The van der Waals surface area contributed by atoms with Crippen LogP contribution in [0.4, 0.5) is 0 Å². The fourth-order valence-corrected chi connectivity index (χ4v) is 1.89. The van der Waals surface area contributed by atoms with Crippen molar-refractivity contribution in [3.63, 3.8) is 0 Å². The zero-order valence-electron chi connectivity index (χ0n) is 8.52. The van der Waals surface area contributed by atoms with Gasteiger partial charge in [0.15, 0.2) is 0 Å². The van der Waals surface area contributed by atoms with Crippen LogP contribution < -0.4 is 5.73 Å². The number of hydrogen-bond acceptors (Lipinski definition) is 4. The van der Waals surface area contributed by atoms with Crippen LogP contribution in [0.3, 0.4) is 0 Å². The Bertz CT molecular complexity index is 144.